The molecule has 0 unspecified atom stereocenters. The van der Waals surface area contributed by atoms with Gasteiger partial charge in [-0.1, -0.05) is 12.1 Å². The van der Waals surface area contributed by atoms with Gasteiger partial charge in [0.2, 0.25) is 0 Å². The van der Waals surface area contributed by atoms with Crippen LogP contribution in [0.15, 0.2) is 18.2 Å². The summed E-state index contributed by atoms with van der Waals surface area (Å²) in [6, 6.07) is 6.21. The molecule has 0 saturated heterocycles. The van der Waals surface area contributed by atoms with Gasteiger partial charge in [-0.25, -0.2) is 5.43 Å². The molecule has 0 bridgehead atoms. The Morgan fingerprint density at radius 3 is 2.80 bits per heavy atom. The van der Waals surface area contributed by atoms with Gasteiger partial charge in [0.1, 0.15) is 0 Å². The van der Waals surface area contributed by atoms with Crippen molar-refractivity contribution in [3.05, 3.63) is 29.3 Å². The van der Waals surface area contributed by atoms with Gasteiger partial charge in [0.05, 0.1) is 5.69 Å². The molecule has 0 radical (unpaired) electrons. The number of hydrogen-bond acceptors (Lipinski definition) is 4. The number of anilines is 1. The zero-order valence-electron chi connectivity index (χ0n) is 9.04. The minimum atomic E-state index is -0.293. The molecule has 1 aromatic rings. The third kappa shape index (κ3) is 2.12. The number of hydrazine groups is 1. The molecular formula is C11H16N2O2. The number of methoxy groups -OCH3 is 2. The van der Waals surface area contributed by atoms with Gasteiger partial charge >= 0.3 is 0 Å². The fourth-order valence-electron chi connectivity index (χ4n) is 1.80. The summed E-state index contributed by atoms with van der Waals surface area (Å²) in [7, 11) is 3.28. The summed E-state index contributed by atoms with van der Waals surface area (Å²) in [4.78, 5) is 0. The maximum Gasteiger partial charge on any atom is 0.183 e. The average Bonchev–Trinajstić information content (AvgIpc) is 2.30. The number of fused-ring (bicyclic) bond motifs is 1. The highest BCUT2D eigenvalue weighted by molar-refractivity contribution is 5.54. The van der Waals surface area contributed by atoms with Crippen LogP contribution in [0.1, 0.15) is 17.4 Å². The number of ether oxygens (including phenoxy) is 2. The zero-order chi connectivity index (χ0) is 10.7. The summed E-state index contributed by atoms with van der Waals surface area (Å²) in [5, 5.41) is 0. The normalized spacial score (nSPS) is 14.9. The number of nitrogens with one attached hydrogen (secondary N) is 2. The van der Waals surface area contributed by atoms with E-state index in [1.165, 1.54) is 5.56 Å². The van der Waals surface area contributed by atoms with Crippen LogP contribution in [0, 0.1) is 0 Å². The van der Waals surface area contributed by atoms with Crippen molar-refractivity contribution in [3.8, 4) is 0 Å². The summed E-state index contributed by atoms with van der Waals surface area (Å²) < 4.78 is 10.4. The third-order valence-electron chi connectivity index (χ3n) is 2.58. The van der Waals surface area contributed by atoms with E-state index >= 15 is 0 Å². The number of hydrogen-bond donors (Lipinski definition) is 2. The Hall–Kier alpha value is -1.10. The van der Waals surface area contributed by atoms with E-state index in [9.17, 15) is 0 Å². The Morgan fingerprint density at radius 2 is 2.07 bits per heavy atom. The van der Waals surface area contributed by atoms with Crippen LogP contribution in [0.25, 0.3) is 0 Å². The lowest BCUT2D eigenvalue weighted by atomic mass is 10.0. The molecule has 1 aliphatic rings. The molecule has 0 aliphatic carbocycles. The molecule has 2 N–H and O–H groups in total. The lowest BCUT2D eigenvalue weighted by Gasteiger charge is -2.21. The van der Waals surface area contributed by atoms with Crippen molar-refractivity contribution in [3.63, 3.8) is 0 Å². The van der Waals surface area contributed by atoms with Crippen molar-refractivity contribution in [2.24, 2.45) is 0 Å². The average molecular weight is 208 g/mol. The molecule has 15 heavy (non-hydrogen) atoms. The maximum absolute atomic E-state index is 5.21. The maximum atomic E-state index is 5.21. The van der Waals surface area contributed by atoms with E-state index in [0.29, 0.717) is 0 Å². The fourth-order valence-corrected chi connectivity index (χ4v) is 1.80. The monoisotopic (exact) mass is 208 g/mol. The minimum absolute atomic E-state index is 0.293. The second kappa shape index (κ2) is 4.61. The Morgan fingerprint density at radius 1 is 1.27 bits per heavy atom. The molecule has 2 rings (SSSR count). The second-order valence-electron chi connectivity index (χ2n) is 3.52. The van der Waals surface area contributed by atoms with Gasteiger partial charge in [-0.2, -0.15) is 0 Å². The molecule has 0 amide bonds. The number of rotatable bonds is 3. The fraction of sp³-hybridized carbons (Fsp3) is 0.455. The first kappa shape index (κ1) is 10.4. The lowest BCUT2D eigenvalue weighted by molar-refractivity contribution is -0.105. The van der Waals surface area contributed by atoms with Gasteiger partial charge in [0.15, 0.2) is 6.29 Å². The van der Waals surface area contributed by atoms with Crippen molar-refractivity contribution in [1.29, 1.82) is 0 Å². The lowest BCUT2D eigenvalue weighted by Crippen LogP contribution is -2.29. The van der Waals surface area contributed by atoms with Crippen LogP contribution in [0.4, 0.5) is 5.69 Å². The van der Waals surface area contributed by atoms with E-state index in [-0.39, 0.29) is 6.29 Å². The van der Waals surface area contributed by atoms with Gasteiger partial charge in [-0.05, 0) is 18.1 Å². The predicted octanol–water partition coefficient (Wildman–Crippen LogP) is 1.45. The highest BCUT2D eigenvalue weighted by Crippen LogP contribution is 2.25. The van der Waals surface area contributed by atoms with E-state index in [0.717, 1.165) is 24.2 Å². The highest BCUT2D eigenvalue weighted by atomic mass is 16.7. The quantitative estimate of drug-likeness (QED) is 0.738. The van der Waals surface area contributed by atoms with Crippen LogP contribution in [-0.4, -0.2) is 20.8 Å². The van der Waals surface area contributed by atoms with Crippen molar-refractivity contribution in [1.82, 2.24) is 5.43 Å². The minimum Gasteiger partial charge on any atom is -0.352 e. The van der Waals surface area contributed by atoms with Crippen molar-refractivity contribution in [2.45, 2.75) is 12.7 Å². The first-order valence-corrected chi connectivity index (χ1v) is 5.02. The van der Waals surface area contributed by atoms with Crippen LogP contribution >= 0.6 is 0 Å². The first-order valence-electron chi connectivity index (χ1n) is 5.02. The van der Waals surface area contributed by atoms with Crippen LogP contribution in [0.5, 0.6) is 0 Å². The summed E-state index contributed by atoms with van der Waals surface area (Å²) in [6.45, 7) is 0.963. The first-order chi connectivity index (χ1) is 7.35. The summed E-state index contributed by atoms with van der Waals surface area (Å²) in [5.41, 5.74) is 9.71. The topological polar surface area (TPSA) is 42.5 Å². The van der Waals surface area contributed by atoms with Crippen molar-refractivity contribution >= 4 is 5.69 Å². The molecule has 4 nitrogen and oxygen atoms in total. The van der Waals surface area contributed by atoms with Crippen LogP contribution in [0.3, 0.4) is 0 Å². The van der Waals surface area contributed by atoms with E-state index in [2.05, 4.69) is 23.0 Å². The van der Waals surface area contributed by atoms with Gasteiger partial charge in [0.25, 0.3) is 0 Å². The van der Waals surface area contributed by atoms with Gasteiger partial charge < -0.3 is 14.9 Å². The van der Waals surface area contributed by atoms with Crippen molar-refractivity contribution in [2.75, 3.05) is 26.2 Å². The standard InChI is InChI=1S/C11H16N2O2/c1-14-11(15-2)9-4-3-8-5-6-12-13-10(8)7-9/h3-4,7,11-13H,5-6H2,1-2H3. The Balaban J connectivity index is 2.27. The second-order valence-corrected chi connectivity index (χ2v) is 3.52. The summed E-state index contributed by atoms with van der Waals surface area (Å²) in [6.07, 6.45) is 0.756. The molecule has 0 saturated carbocycles. The molecule has 0 aromatic heterocycles. The van der Waals surface area contributed by atoms with Gasteiger partial charge in [-0.15, -0.1) is 0 Å². The van der Waals surface area contributed by atoms with Crippen LogP contribution in [-0.2, 0) is 15.9 Å². The van der Waals surface area contributed by atoms with Gasteiger partial charge in [-0.3, -0.25) is 0 Å². The Labute approximate surface area is 89.5 Å². The third-order valence-corrected chi connectivity index (χ3v) is 2.58. The molecule has 0 spiro atoms. The molecule has 0 atom stereocenters. The molecule has 0 fully saturated rings. The zero-order valence-corrected chi connectivity index (χ0v) is 9.04. The molecule has 1 aliphatic heterocycles. The highest BCUT2D eigenvalue weighted by Gasteiger charge is 2.13. The molecule has 4 heteroatoms. The van der Waals surface area contributed by atoms with Crippen LogP contribution < -0.4 is 10.9 Å². The SMILES string of the molecule is COC(OC)c1ccc2c(c1)NNCC2. The van der Waals surface area contributed by atoms with Crippen LogP contribution in [0.2, 0.25) is 0 Å². The molecule has 1 heterocycles. The molecule has 82 valence electrons. The number of benzene rings is 1. The predicted molar refractivity (Wildman–Crippen MR) is 58.5 cm³/mol. The van der Waals surface area contributed by atoms with E-state index in [4.69, 9.17) is 9.47 Å². The van der Waals surface area contributed by atoms with E-state index < -0.39 is 0 Å². The Kier molecular flexibility index (Phi) is 3.20. The smallest absolute Gasteiger partial charge is 0.183 e. The van der Waals surface area contributed by atoms with Crippen molar-refractivity contribution < 1.29 is 9.47 Å². The van der Waals surface area contributed by atoms with E-state index in [1.54, 1.807) is 14.2 Å². The van der Waals surface area contributed by atoms with E-state index in [1.807, 2.05) is 6.07 Å². The largest absolute Gasteiger partial charge is 0.352 e. The van der Waals surface area contributed by atoms with Gasteiger partial charge in [0, 0.05) is 26.3 Å². The summed E-state index contributed by atoms with van der Waals surface area (Å²) in [5.74, 6) is 0. The molecular weight excluding hydrogens is 192 g/mol. The Bertz CT molecular complexity index is 337. The summed E-state index contributed by atoms with van der Waals surface area (Å²) >= 11 is 0. The molecule has 1 aromatic carbocycles.